The Morgan fingerprint density at radius 1 is 1.07 bits per heavy atom. The summed E-state index contributed by atoms with van der Waals surface area (Å²) >= 11 is 0. The molecule has 0 amide bonds. The van der Waals surface area contributed by atoms with E-state index in [1.54, 1.807) is 0 Å². The standard InChI is InChI=1S/C12H24N2/c1-11(7-8-11)14-10-9-12(13)5-3-2-4-6-12/h14H,2-10,13H2,1H3. The molecule has 0 radical (unpaired) electrons. The number of hydrogen-bond donors (Lipinski definition) is 2. The zero-order valence-corrected chi connectivity index (χ0v) is 9.44. The minimum Gasteiger partial charge on any atom is -0.325 e. The van der Waals surface area contributed by atoms with E-state index in [9.17, 15) is 0 Å². The van der Waals surface area contributed by atoms with Gasteiger partial charge in [-0.1, -0.05) is 19.3 Å². The van der Waals surface area contributed by atoms with E-state index in [2.05, 4.69) is 12.2 Å². The first-order valence-corrected chi connectivity index (χ1v) is 6.16. The molecule has 0 aliphatic heterocycles. The Labute approximate surface area is 87.6 Å². The monoisotopic (exact) mass is 196 g/mol. The fourth-order valence-electron chi connectivity index (χ4n) is 2.48. The van der Waals surface area contributed by atoms with Crippen LogP contribution in [0.3, 0.4) is 0 Å². The summed E-state index contributed by atoms with van der Waals surface area (Å²) < 4.78 is 0. The number of nitrogens with two attached hydrogens (primary N) is 1. The van der Waals surface area contributed by atoms with Gasteiger partial charge in [0, 0.05) is 11.1 Å². The summed E-state index contributed by atoms with van der Waals surface area (Å²) in [7, 11) is 0. The Morgan fingerprint density at radius 2 is 1.71 bits per heavy atom. The molecule has 2 aliphatic rings. The van der Waals surface area contributed by atoms with Gasteiger partial charge in [-0.15, -0.1) is 0 Å². The van der Waals surface area contributed by atoms with Crippen molar-refractivity contribution in [2.24, 2.45) is 5.73 Å². The van der Waals surface area contributed by atoms with Crippen LogP contribution in [0.15, 0.2) is 0 Å². The third kappa shape index (κ3) is 2.71. The van der Waals surface area contributed by atoms with Gasteiger partial charge in [0.1, 0.15) is 0 Å². The molecule has 2 nitrogen and oxygen atoms in total. The van der Waals surface area contributed by atoms with E-state index in [0.717, 1.165) is 6.54 Å². The Kier molecular flexibility index (Phi) is 2.85. The molecular weight excluding hydrogens is 172 g/mol. The van der Waals surface area contributed by atoms with E-state index in [-0.39, 0.29) is 5.54 Å². The van der Waals surface area contributed by atoms with Crippen molar-refractivity contribution in [1.82, 2.24) is 5.32 Å². The van der Waals surface area contributed by atoms with Gasteiger partial charge in [0.2, 0.25) is 0 Å². The predicted molar refractivity (Wildman–Crippen MR) is 60.3 cm³/mol. The molecule has 0 aromatic rings. The van der Waals surface area contributed by atoms with Crippen molar-refractivity contribution in [2.45, 2.75) is 69.4 Å². The van der Waals surface area contributed by atoms with Gasteiger partial charge < -0.3 is 11.1 Å². The minimum absolute atomic E-state index is 0.163. The van der Waals surface area contributed by atoms with Crippen molar-refractivity contribution in [1.29, 1.82) is 0 Å². The quantitative estimate of drug-likeness (QED) is 0.723. The third-order valence-corrected chi connectivity index (χ3v) is 4.02. The van der Waals surface area contributed by atoms with Crippen molar-refractivity contribution in [3.05, 3.63) is 0 Å². The summed E-state index contributed by atoms with van der Waals surface area (Å²) in [6, 6.07) is 0. The lowest BCUT2D eigenvalue weighted by molar-refractivity contribution is 0.270. The van der Waals surface area contributed by atoms with Crippen LogP contribution in [0.2, 0.25) is 0 Å². The smallest absolute Gasteiger partial charge is 0.0166 e. The molecule has 0 aromatic heterocycles. The molecule has 2 aliphatic carbocycles. The maximum atomic E-state index is 6.37. The maximum absolute atomic E-state index is 6.37. The molecule has 14 heavy (non-hydrogen) atoms. The van der Waals surface area contributed by atoms with Gasteiger partial charge >= 0.3 is 0 Å². The Balaban J connectivity index is 1.67. The first-order chi connectivity index (χ1) is 6.62. The average molecular weight is 196 g/mol. The molecule has 3 N–H and O–H groups in total. The lowest BCUT2D eigenvalue weighted by Gasteiger charge is -2.34. The van der Waals surface area contributed by atoms with Crippen molar-refractivity contribution in [2.75, 3.05) is 6.54 Å². The van der Waals surface area contributed by atoms with E-state index in [0.29, 0.717) is 5.54 Å². The van der Waals surface area contributed by atoms with Crippen LogP contribution in [-0.2, 0) is 0 Å². The largest absolute Gasteiger partial charge is 0.325 e. The summed E-state index contributed by atoms with van der Waals surface area (Å²) in [6.45, 7) is 3.43. The fourth-order valence-corrected chi connectivity index (χ4v) is 2.48. The number of nitrogens with one attached hydrogen (secondary N) is 1. The van der Waals surface area contributed by atoms with Crippen molar-refractivity contribution >= 4 is 0 Å². The molecule has 0 saturated heterocycles. The predicted octanol–water partition coefficient (Wildman–Crippen LogP) is 2.18. The SMILES string of the molecule is CC1(NCCC2(N)CCCCC2)CC1. The Hall–Kier alpha value is -0.0800. The maximum Gasteiger partial charge on any atom is 0.0166 e. The minimum atomic E-state index is 0.163. The second-order valence-electron chi connectivity index (χ2n) is 5.66. The lowest BCUT2D eigenvalue weighted by atomic mass is 9.80. The average Bonchev–Trinajstić information content (AvgIpc) is 2.85. The van der Waals surface area contributed by atoms with Crippen LogP contribution < -0.4 is 11.1 Å². The van der Waals surface area contributed by atoms with Gasteiger partial charge in [-0.25, -0.2) is 0 Å². The van der Waals surface area contributed by atoms with Crippen LogP contribution in [-0.4, -0.2) is 17.6 Å². The van der Waals surface area contributed by atoms with Crippen LogP contribution in [0.1, 0.15) is 58.3 Å². The molecule has 2 heteroatoms. The molecule has 82 valence electrons. The van der Waals surface area contributed by atoms with Gasteiger partial charge in [-0.05, 0) is 45.6 Å². The second kappa shape index (κ2) is 3.82. The van der Waals surface area contributed by atoms with Crippen molar-refractivity contribution in [3.8, 4) is 0 Å². The van der Waals surface area contributed by atoms with Gasteiger partial charge in [-0.2, -0.15) is 0 Å². The molecule has 0 aromatic carbocycles. The molecule has 0 spiro atoms. The Morgan fingerprint density at radius 3 is 2.29 bits per heavy atom. The zero-order chi connectivity index (χ0) is 10.1. The van der Waals surface area contributed by atoms with E-state index >= 15 is 0 Å². The fraction of sp³-hybridized carbons (Fsp3) is 1.00. The summed E-state index contributed by atoms with van der Waals surface area (Å²) in [5.74, 6) is 0. The first kappa shape index (κ1) is 10.4. The summed E-state index contributed by atoms with van der Waals surface area (Å²) in [6.07, 6.45) is 10.4. The highest BCUT2D eigenvalue weighted by Crippen LogP contribution is 2.35. The van der Waals surface area contributed by atoms with Gasteiger partial charge in [0.15, 0.2) is 0 Å². The molecule has 0 bridgehead atoms. The number of rotatable bonds is 4. The normalized spacial score (nSPS) is 28.7. The molecule has 2 rings (SSSR count). The molecule has 0 unspecified atom stereocenters. The summed E-state index contributed by atoms with van der Waals surface area (Å²) in [4.78, 5) is 0. The zero-order valence-electron chi connectivity index (χ0n) is 9.44. The highest BCUT2D eigenvalue weighted by molar-refractivity contribution is 4.98. The number of hydrogen-bond acceptors (Lipinski definition) is 2. The van der Waals surface area contributed by atoms with Crippen LogP contribution in [0.5, 0.6) is 0 Å². The van der Waals surface area contributed by atoms with Gasteiger partial charge in [-0.3, -0.25) is 0 Å². The van der Waals surface area contributed by atoms with Gasteiger partial charge in [0.05, 0.1) is 0 Å². The molecule has 0 atom stereocenters. The van der Waals surface area contributed by atoms with Crippen molar-refractivity contribution < 1.29 is 0 Å². The van der Waals surface area contributed by atoms with Crippen LogP contribution in [0.25, 0.3) is 0 Å². The molecular formula is C12H24N2. The van der Waals surface area contributed by atoms with Crippen LogP contribution in [0.4, 0.5) is 0 Å². The molecule has 2 fully saturated rings. The second-order valence-corrected chi connectivity index (χ2v) is 5.66. The van der Waals surface area contributed by atoms with Gasteiger partial charge in [0.25, 0.3) is 0 Å². The van der Waals surface area contributed by atoms with E-state index in [4.69, 9.17) is 5.73 Å². The van der Waals surface area contributed by atoms with E-state index in [1.165, 1.54) is 51.4 Å². The van der Waals surface area contributed by atoms with Crippen LogP contribution >= 0.6 is 0 Å². The molecule has 2 saturated carbocycles. The topological polar surface area (TPSA) is 38.0 Å². The van der Waals surface area contributed by atoms with E-state index in [1.807, 2.05) is 0 Å². The third-order valence-electron chi connectivity index (χ3n) is 4.02. The first-order valence-electron chi connectivity index (χ1n) is 6.16. The summed E-state index contributed by atoms with van der Waals surface area (Å²) in [5.41, 5.74) is 7.01. The van der Waals surface area contributed by atoms with Crippen LogP contribution in [0, 0.1) is 0 Å². The highest BCUT2D eigenvalue weighted by atomic mass is 15.0. The highest BCUT2D eigenvalue weighted by Gasteiger charge is 2.37. The molecule has 0 heterocycles. The van der Waals surface area contributed by atoms with Crippen molar-refractivity contribution in [3.63, 3.8) is 0 Å². The Bertz CT molecular complexity index is 190. The lowest BCUT2D eigenvalue weighted by Crippen LogP contribution is -2.45. The van der Waals surface area contributed by atoms with E-state index < -0.39 is 0 Å². The summed E-state index contributed by atoms with van der Waals surface area (Å²) in [5, 5.41) is 3.63.